The Kier molecular flexibility index (Phi) is 4.42. The van der Waals surface area contributed by atoms with E-state index < -0.39 is 0 Å². The fourth-order valence-corrected chi connectivity index (χ4v) is 1.99. The minimum Gasteiger partial charge on any atom is -0.298 e. The minimum atomic E-state index is -0.0548. The highest BCUT2D eigenvalue weighted by atomic mass is 79.9. The molecule has 0 fully saturated rings. The fraction of sp³-hybridized carbons (Fsp3) is 0. The number of ketones is 1. The highest BCUT2D eigenvalue weighted by Crippen LogP contribution is 2.13. The molecular weight excluding hydrogens is 304 g/mol. The highest BCUT2D eigenvalue weighted by molar-refractivity contribution is 9.10. The maximum absolute atomic E-state index is 11.9. The Bertz CT molecular complexity index is 627. The largest absolute Gasteiger partial charge is 0.298 e. The molecule has 94 valence electrons. The van der Waals surface area contributed by atoms with Crippen LogP contribution >= 0.6 is 15.9 Å². The Morgan fingerprint density at radius 2 is 1.68 bits per heavy atom. The van der Waals surface area contributed by atoms with Crippen LogP contribution in [0.4, 0.5) is 0 Å². The van der Waals surface area contributed by atoms with E-state index in [1.165, 1.54) is 6.08 Å². The smallest absolute Gasteiger partial charge is 0.185 e. The van der Waals surface area contributed by atoms with Crippen LogP contribution in [0.5, 0.6) is 0 Å². The lowest BCUT2D eigenvalue weighted by Gasteiger charge is -1.97. The van der Waals surface area contributed by atoms with Gasteiger partial charge in [-0.25, -0.2) is 0 Å². The first-order chi connectivity index (χ1) is 9.19. The Labute approximate surface area is 119 Å². The van der Waals surface area contributed by atoms with Gasteiger partial charge in [-0.1, -0.05) is 58.4 Å². The van der Waals surface area contributed by atoms with Gasteiger partial charge < -0.3 is 0 Å². The normalized spacial score (nSPS) is 10.6. The quantitative estimate of drug-likeness (QED) is 0.482. The summed E-state index contributed by atoms with van der Waals surface area (Å²) >= 11 is 3.33. The SMILES string of the molecule is O=Cc1ccc(/C=C/C(=O)c2cccc(Br)c2)cc1. The number of hydrogen-bond donors (Lipinski definition) is 0. The van der Waals surface area contributed by atoms with Crippen LogP contribution < -0.4 is 0 Å². The molecule has 0 amide bonds. The second kappa shape index (κ2) is 6.25. The first-order valence-electron chi connectivity index (χ1n) is 5.72. The summed E-state index contributed by atoms with van der Waals surface area (Å²) < 4.78 is 0.877. The standard InChI is InChI=1S/C16H11BrO2/c17-15-3-1-2-14(10-15)16(19)9-8-12-4-6-13(11-18)7-5-12/h1-11H/b9-8+. The van der Waals surface area contributed by atoms with Crippen molar-refractivity contribution in [2.45, 2.75) is 0 Å². The molecule has 0 radical (unpaired) electrons. The topological polar surface area (TPSA) is 34.1 Å². The summed E-state index contributed by atoms with van der Waals surface area (Å²) in [5, 5.41) is 0. The van der Waals surface area contributed by atoms with Crippen molar-refractivity contribution in [1.82, 2.24) is 0 Å². The number of carbonyl (C=O) groups excluding carboxylic acids is 2. The first kappa shape index (κ1) is 13.4. The summed E-state index contributed by atoms with van der Waals surface area (Å²) in [6.45, 7) is 0. The number of aldehydes is 1. The Morgan fingerprint density at radius 1 is 1.00 bits per heavy atom. The molecule has 0 aliphatic carbocycles. The number of allylic oxidation sites excluding steroid dienone is 1. The molecule has 0 atom stereocenters. The number of halogens is 1. The van der Waals surface area contributed by atoms with E-state index in [-0.39, 0.29) is 5.78 Å². The van der Waals surface area contributed by atoms with Crippen molar-refractivity contribution in [3.8, 4) is 0 Å². The van der Waals surface area contributed by atoms with E-state index in [0.717, 1.165) is 16.3 Å². The average Bonchev–Trinajstić information content (AvgIpc) is 2.45. The van der Waals surface area contributed by atoms with Crippen LogP contribution in [0.25, 0.3) is 6.08 Å². The van der Waals surface area contributed by atoms with Gasteiger partial charge in [0.15, 0.2) is 5.78 Å². The summed E-state index contributed by atoms with van der Waals surface area (Å²) in [4.78, 5) is 22.5. The molecule has 0 unspecified atom stereocenters. The molecule has 2 aromatic rings. The van der Waals surface area contributed by atoms with Crippen LogP contribution in [-0.4, -0.2) is 12.1 Å². The molecule has 2 aromatic carbocycles. The number of hydrogen-bond acceptors (Lipinski definition) is 2. The van der Waals surface area contributed by atoms with Crippen molar-refractivity contribution in [3.05, 3.63) is 75.8 Å². The molecule has 0 saturated heterocycles. The van der Waals surface area contributed by atoms with Gasteiger partial charge in [0.25, 0.3) is 0 Å². The average molecular weight is 315 g/mol. The monoisotopic (exact) mass is 314 g/mol. The van der Waals surface area contributed by atoms with Gasteiger partial charge in [0.1, 0.15) is 6.29 Å². The van der Waals surface area contributed by atoms with Crippen LogP contribution in [0.1, 0.15) is 26.3 Å². The third-order valence-corrected chi connectivity index (χ3v) is 3.10. The predicted molar refractivity (Wildman–Crippen MR) is 79.3 cm³/mol. The van der Waals surface area contributed by atoms with Crippen molar-refractivity contribution in [2.24, 2.45) is 0 Å². The van der Waals surface area contributed by atoms with Gasteiger partial charge in [-0.05, 0) is 23.8 Å². The zero-order valence-corrected chi connectivity index (χ0v) is 11.6. The van der Waals surface area contributed by atoms with Gasteiger partial charge in [0.05, 0.1) is 0 Å². The number of rotatable bonds is 4. The lowest BCUT2D eigenvalue weighted by atomic mass is 10.1. The van der Waals surface area contributed by atoms with E-state index in [2.05, 4.69) is 15.9 Å². The van der Waals surface area contributed by atoms with Crippen molar-refractivity contribution < 1.29 is 9.59 Å². The highest BCUT2D eigenvalue weighted by Gasteiger charge is 2.01. The summed E-state index contributed by atoms with van der Waals surface area (Å²) in [6, 6.07) is 14.3. The van der Waals surface area contributed by atoms with Crippen molar-refractivity contribution in [1.29, 1.82) is 0 Å². The van der Waals surface area contributed by atoms with Gasteiger partial charge in [0, 0.05) is 15.6 Å². The Balaban J connectivity index is 2.13. The lowest BCUT2D eigenvalue weighted by molar-refractivity contribution is 0.104. The summed E-state index contributed by atoms with van der Waals surface area (Å²) in [7, 11) is 0. The fourth-order valence-electron chi connectivity index (χ4n) is 1.60. The molecule has 0 aliphatic heterocycles. The summed E-state index contributed by atoms with van der Waals surface area (Å²) in [5.41, 5.74) is 2.14. The lowest BCUT2D eigenvalue weighted by Crippen LogP contribution is -1.93. The summed E-state index contributed by atoms with van der Waals surface area (Å²) in [6.07, 6.45) is 4.05. The molecule has 19 heavy (non-hydrogen) atoms. The molecule has 2 nitrogen and oxygen atoms in total. The number of benzene rings is 2. The van der Waals surface area contributed by atoms with Crippen LogP contribution in [0, 0.1) is 0 Å². The molecule has 3 heteroatoms. The molecular formula is C16H11BrO2. The van der Waals surface area contributed by atoms with Gasteiger partial charge in [-0.15, -0.1) is 0 Å². The minimum absolute atomic E-state index is 0.0548. The van der Waals surface area contributed by atoms with Crippen molar-refractivity contribution in [2.75, 3.05) is 0 Å². The molecule has 0 aliphatic rings. The van der Waals surface area contributed by atoms with E-state index in [4.69, 9.17) is 0 Å². The number of carbonyl (C=O) groups is 2. The molecule has 0 heterocycles. The third kappa shape index (κ3) is 3.73. The van der Waals surface area contributed by atoms with E-state index in [1.54, 1.807) is 42.5 Å². The van der Waals surface area contributed by atoms with Crippen LogP contribution in [0.3, 0.4) is 0 Å². The molecule has 2 rings (SSSR count). The van der Waals surface area contributed by atoms with Gasteiger partial charge in [-0.3, -0.25) is 9.59 Å². The summed E-state index contributed by atoms with van der Waals surface area (Å²) in [5.74, 6) is -0.0548. The maximum Gasteiger partial charge on any atom is 0.185 e. The zero-order chi connectivity index (χ0) is 13.7. The Morgan fingerprint density at radius 3 is 2.32 bits per heavy atom. The second-order valence-corrected chi connectivity index (χ2v) is 4.91. The van der Waals surface area contributed by atoms with E-state index in [1.807, 2.05) is 12.1 Å². The molecule has 0 saturated carbocycles. The van der Waals surface area contributed by atoms with Crippen molar-refractivity contribution in [3.63, 3.8) is 0 Å². The van der Waals surface area contributed by atoms with E-state index in [9.17, 15) is 9.59 Å². The third-order valence-electron chi connectivity index (χ3n) is 2.61. The maximum atomic E-state index is 11.9. The zero-order valence-electron chi connectivity index (χ0n) is 10.0. The van der Waals surface area contributed by atoms with Gasteiger partial charge in [-0.2, -0.15) is 0 Å². The molecule has 0 spiro atoms. The molecule has 0 N–H and O–H groups in total. The molecule has 0 aromatic heterocycles. The van der Waals surface area contributed by atoms with E-state index >= 15 is 0 Å². The van der Waals surface area contributed by atoms with Gasteiger partial charge in [0.2, 0.25) is 0 Å². The van der Waals surface area contributed by atoms with Crippen LogP contribution in [-0.2, 0) is 0 Å². The van der Waals surface area contributed by atoms with Crippen molar-refractivity contribution >= 4 is 34.1 Å². The van der Waals surface area contributed by atoms with Crippen LogP contribution in [0.15, 0.2) is 59.1 Å². The Hall–Kier alpha value is -2.00. The van der Waals surface area contributed by atoms with Gasteiger partial charge >= 0.3 is 0 Å². The predicted octanol–water partition coefficient (Wildman–Crippen LogP) is 4.16. The first-order valence-corrected chi connectivity index (χ1v) is 6.51. The molecule has 0 bridgehead atoms. The second-order valence-electron chi connectivity index (χ2n) is 3.99. The van der Waals surface area contributed by atoms with Crippen LogP contribution in [0.2, 0.25) is 0 Å². The van der Waals surface area contributed by atoms with E-state index in [0.29, 0.717) is 11.1 Å².